The van der Waals surface area contributed by atoms with Crippen molar-refractivity contribution < 1.29 is 9.59 Å². The molecule has 1 fully saturated rings. The number of amides is 2. The number of carbonyl (C=O) groups excluding carboxylic acids is 2. The maximum Gasteiger partial charge on any atom is 0.251 e. The summed E-state index contributed by atoms with van der Waals surface area (Å²) < 4.78 is 0. The molecule has 3 N–H and O–H groups in total. The Bertz CT molecular complexity index is 741. The van der Waals surface area contributed by atoms with E-state index in [4.69, 9.17) is 0 Å². The van der Waals surface area contributed by atoms with E-state index in [9.17, 15) is 9.59 Å². The van der Waals surface area contributed by atoms with Crippen molar-refractivity contribution in [1.29, 1.82) is 0 Å². The highest BCUT2D eigenvalue weighted by Gasteiger charge is 2.14. The van der Waals surface area contributed by atoms with Crippen LogP contribution in [0.3, 0.4) is 0 Å². The lowest BCUT2D eigenvalue weighted by atomic mass is 9.93. The minimum absolute atomic E-state index is 0.0838. The Morgan fingerprint density at radius 2 is 1.89 bits per heavy atom. The number of hydrogen-bond acceptors (Lipinski definition) is 5. The van der Waals surface area contributed by atoms with Crippen molar-refractivity contribution in [1.82, 2.24) is 20.9 Å². The Labute approximate surface area is 163 Å². The molecule has 0 unspecified atom stereocenters. The van der Waals surface area contributed by atoms with Crippen LogP contribution in [0.4, 0.5) is 0 Å². The molecule has 0 radical (unpaired) electrons. The molecule has 2 heterocycles. The highest BCUT2D eigenvalue weighted by atomic mass is 32.1. The summed E-state index contributed by atoms with van der Waals surface area (Å²) in [4.78, 5) is 28.6. The number of carbonyl (C=O) groups is 2. The Hall–Kier alpha value is -2.25. The molecule has 1 aliphatic heterocycles. The SMILES string of the molecule is O=C(CCC1CCNCC1)NCc1csc(CNC(=O)c2ccccc2)n1. The van der Waals surface area contributed by atoms with Crippen molar-refractivity contribution in [2.75, 3.05) is 13.1 Å². The summed E-state index contributed by atoms with van der Waals surface area (Å²) in [7, 11) is 0. The number of thiazole rings is 1. The third kappa shape index (κ3) is 6.45. The van der Waals surface area contributed by atoms with Crippen LogP contribution in [0.2, 0.25) is 0 Å². The summed E-state index contributed by atoms with van der Waals surface area (Å²) >= 11 is 1.49. The quantitative estimate of drug-likeness (QED) is 0.651. The van der Waals surface area contributed by atoms with Gasteiger partial charge in [-0.2, -0.15) is 0 Å². The van der Waals surface area contributed by atoms with Crippen molar-refractivity contribution in [3.8, 4) is 0 Å². The highest BCUT2D eigenvalue weighted by molar-refractivity contribution is 7.09. The lowest BCUT2D eigenvalue weighted by Crippen LogP contribution is -2.29. The number of hydrogen-bond donors (Lipinski definition) is 3. The normalized spacial score (nSPS) is 14.7. The minimum atomic E-state index is -0.112. The van der Waals surface area contributed by atoms with E-state index in [1.165, 1.54) is 11.3 Å². The van der Waals surface area contributed by atoms with Crippen LogP contribution < -0.4 is 16.0 Å². The molecule has 2 aromatic rings. The molecule has 7 heteroatoms. The average molecular weight is 387 g/mol. The number of nitrogens with zero attached hydrogens (tertiary/aromatic N) is 1. The largest absolute Gasteiger partial charge is 0.350 e. The van der Waals surface area contributed by atoms with Crippen molar-refractivity contribution in [3.05, 3.63) is 52.0 Å². The van der Waals surface area contributed by atoms with E-state index in [0.717, 1.165) is 43.1 Å². The third-order valence-electron chi connectivity index (χ3n) is 4.74. The fourth-order valence-electron chi connectivity index (χ4n) is 3.14. The van der Waals surface area contributed by atoms with Crippen LogP contribution in [-0.4, -0.2) is 29.9 Å². The van der Waals surface area contributed by atoms with Crippen LogP contribution in [0.25, 0.3) is 0 Å². The second-order valence-electron chi connectivity index (χ2n) is 6.79. The summed E-state index contributed by atoms with van der Waals surface area (Å²) in [5, 5.41) is 11.9. The van der Waals surface area contributed by atoms with Crippen LogP contribution in [0.15, 0.2) is 35.7 Å². The van der Waals surface area contributed by atoms with E-state index in [0.29, 0.717) is 31.0 Å². The lowest BCUT2D eigenvalue weighted by molar-refractivity contribution is -0.121. The molecule has 144 valence electrons. The first kappa shape index (κ1) is 19.5. The van der Waals surface area contributed by atoms with Crippen LogP contribution in [-0.2, 0) is 17.9 Å². The molecule has 6 nitrogen and oxygen atoms in total. The van der Waals surface area contributed by atoms with Crippen LogP contribution in [0.1, 0.15) is 46.7 Å². The van der Waals surface area contributed by atoms with Crippen molar-refractivity contribution in [3.63, 3.8) is 0 Å². The van der Waals surface area contributed by atoms with Crippen LogP contribution >= 0.6 is 11.3 Å². The zero-order chi connectivity index (χ0) is 18.9. The smallest absolute Gasteiger partial charge is 0.251 e. The van der Waals surface area contributed by atoms with E-state index in [1.807, 2.05) is 23.6 Å². The first-order chi connectivity index (χ1) is 13.2. The van der Waals surface area contributed by atoms with Gasteiger partial charge in [-0.15, -0.1) is 11.3 Å². The maximum atomic E-state index is 12.0. The van der Waals surface area contributed by atoms with Crippen molar-refractivity contribution in [2.24, 2.45) is 5.92 Å². The highest BCUT2D eigenvalue weighted by Crippen LogP contribution is 2.17. The third-order valence-corrected chi connectivity index (χ3v) is 5.64. The monoisotopic (exact) mass is 386 g/mol. The molecule has 1 aromatic heterocycles. The summed E-state index contributed by atoms with van der Waals surface area (Å²) in [6, 6.07) is 9.11. The number of aromatic nitrogens is 1. The summed E-state index contributed by atoms with van der Waals surface area (Å²) in [5.74, 6) is 0.634. The molecule has 27 heavy (non-hydrogen) atoms. The molecule has 1 aliphatic rings. The Morgan fingerprint density at radius 1 is 1.11 bits per heavy atom. The van der Waals surface area contributed by atoms with Gasteiger partial charge in [0.1, 0.15) is 5.01 Å². The molecular formula is C20H26N4O2S. The molecular weight excluding hydrogens is 360 g/mol. The first-order valence-electron chi connectivity index (χ1n) is 9.44. The van der Waals surface area contributed by atoms with Gasteiger partial charge in [-0.3, -0.25) is 9.59 Å². The van der Waals surface area contributed by atoms with E-state index in [1.54, 1.807) is 12.1 Å². The van der Waals surface area contributed by atoms with Crippen LogP contribution in [0, 0.1) is 5.92 Å². The molecule has 0 atom stereocenters. The molecule has 0 bridgehead atoms. The maximum absolute atomic E-state index is 12.0. The number of nitrogens with one attached hydrogen (secondary N) is 3. The zero-order valence-electron chi connectivity index (χ0n) is 15.4. The molecule has 3 rings (SSSR count). The van der Waals surface area contributed by atoms with E-state index < -0.39 is 0 Å². The molecule has 2 amide bonds. The van der Waals surface area contributed by atoms with Gasteiger partial charge in [0.15, 0.2) is 0 Å². The van der Waals surface area contributed by atoms with E-state index >= 15 is 0 Å². The van der Waals surface area contributed by atoms with Crippen LogP contribution in [0.5, 0.6) is 0 Å². The van der Waals surface area contributed by atoms with Gasteiger partial charge < -0.3 is 16.0 Å². The van der Waals surface area contributed by atoms with E-state index in [-0.39, 0.29) is 11.8 Å². The molecule has 0 aliphatic carbocycles. The fourth-order valence-corrected chi connectivity index (χ4v) is 3.88. The molecule has 0 spiro atoms. The van der Waals surface area contributed by atoms with Gasteiger partial charge in [0, 0.05) is 17.4 Å². The molecule has 1 aromatic carbocycles. The van der Waals surface area contributed by atoms with Gasteiger partial charge in [-0.05, 0) is 50.4 Å². The predicted octanol–water partition coefficient (Wildman–Crippen LogP) is 2.47. The zero-order valence-corrected chi connectivity index (χ0v) is 16.2. The Morgan fingerprint density at radius 3 is 2.67 bits per heavy atom. The van der Waals surface area contributed by atoms with Crippen molar-refractivity contribution in [2.45, 2.75) is 38.8 Å². The average Bonchev–Trinajstić information content (AvgIpc) is 3.18. The van der Waals surface area contributed by atoms with Gasteiger partial charge in [0.25, 0.3) is 5.91 Å². The fraction of sp³-hybridized carbons (Fsp3) is 0.450. The lowest BCUT2D eigenvalue weighted by Gasteiger charge is -2.22. The second kappa shape index (κ2) is 10.2. The van der Waals surface area contributed by atoms with Gasteiger partial charge >= 0.3 is 0 Å². The molecule has 1 saturated heterocycles. The minimum Gasteiger partial charge on any atom is -0.350 e. The van der Waals surface area contributed by atoms with Gasteiger partial charge in [-0.1, -0.05) is 18.2 Å². The van der Waals surface area contributed by atoms with Crippen molar-refractivity contribution >= 4 is 23.2 Å². The summed E-state index contributed by atoms with van der Waals surface area (Å²) in [5.41, 5.74) is 1.47. The van der Waals surface area contributed by atoms with Gasteiger partial charge in [0.2, 0.25) is 5.91 Å². The topological polar surface area (TPSA) is 83.1 Å². The number of piperidine rings is 1. The number of benzene rings is 1. The standard InChI is InChI=1S/C20H26N4O2S/c25-18(7-6-15-8-10-21-11-9-15)22-12-17-14-27-19(24-17)13-23-20(26)16-4-2-1-3-5-16/h1-5,14-15,21H,6-13H2,(H,22,25)(H,23,26). The van der Waals surface area contributed by atoms with E-state index in [2.05, 4.69) is 20.9 Å². The second-order valence-corrected chi connectivity index (χ2v) is 7.73. The predicted molar refractivity (Wildman–Crippen MR) is 106 cm³/mol. The molecule has 0 saturated carbocycles. The summed E-state index contributed by atoms with van der Waals surface area (Å²) in [6.07, 6.45) is 3.87. The summed E-state index contributed by atoms with van der Waals surface area (Å²) in [6.45, 7) is 2.96. The Kier molecular flexibility index (Phi) is 7.36. The number of rotatable bonds is 8. The Balaban J connectivity index is 1.36. The first-order valence-corrected chi connectivity index (χ1v) is 10.3. The van der Waals surface area contributed by atoms with Gasteiger partial charge in [0.05, 0.1) is 18.8 Å². The van der Waals surface area contributed by atoms with Gasteiger partial charge in [-0.25, -0.2) is 4.98 Å².